The lowest BCUT2D eigenvalue weighted by atomic mass is 10.0. The smallest absolute Gasteiger partial charge is 0.222 e. The van der Waals surface area contributed by atoms with Crippen LogP contribution in [-0.4, -0.2) is 50.6 Å². The summed E-state index contributed by atoms with van der Waals surface area (Å²) in [7, 11) is 0. The van der Waals surface area contributed by atoms with Gasteiger partial charge >= 0.3 is 0 Å². The van der Waals surface area contributed by atoms with Crippen LogP contribution < -0.4 is 20.9 Å². The number of carbonyl (C=O) groups is 1. The van der Waals surface area contributed by atoms with Gasteiger partial charge in [0, 0.05) is 43.8 Å². The molecule has 0 bridgehead atoms. The number of benzene rings is 1. The first-order chi connectivity index (χ1) is 13.0. The van der Waals surface area contributed by atoms with Crippen LogP contribution in [0.15, 0.2) is 29.3 Å². The van der Waals surface area contributed by atoms with Crippen molar-refractivity contribution in [2.45, 2.75) is 39.7 Å². The van der Waals surface area contributed by atoms with Gasteiger partial charge in [0.25, 0.3) is 0 Å². The third-order valence-corrected chi connectivity index (χ3v) is 4.49. The first-order valence-electron chi connectivity index (χ1n) is 9.82. The fraction of sp³-hybridized carbons (Fsp3) is 0.600. The number of rotatable bonds is 7. The molecule has 1 aromatic rings. The SMILES string of the molecule is CCNC(=NCCNC(=O)C(C)C)NC1CCCN(c2cccc(F)c2)C1.I. The summed E-state index contributed by atoms with van der Waals surface area (Å²) in [6.45, 7) is 9.31. The van der Waals surface area contributed by atoms with Gasteiger partial charge in [0.2, 0.25) is 5.91 Å². The fourth-order valence-corrected chi connectivity index (χ4v) is 3.07. The Morgan fingerprint density at radius 1 is 1.36 bits per heavy atom. The van der Waals surface area contributed by atoms with Gasteiger partial charge in [-0.2, -0.15) is 0 Å². The van der Waals surface area contributed by atoms with Crippen molar-refractivity contribution in [2.24, 2.45) is 10.9 Å². The standard InChI is InChI=1S/C20H32FN5O.HI/c1-4-22-20(24-11-10-23-19(27)15(2)3)25-17-8-6-12-26(14-17)18-9-5-7-16(21)13-18;/h5,7,9,13,15,17H,4,6,8,10-12,14H2,1-3H3,(H,23,27)(H2,22,24,25);1H. The number of guanidine groups is 1. The van der Waals surface area contributed by atoms with Crippen LogP contribution in [0.25, 0.3) is 0 Å². The first-order valence-corrected chi connectivity index (χ1v) is 9.82. The number of hydrogen-bond donors (Lipinski definition) is 3. The number of piperidine rings is 1. The Bertz CT molecular complexity index is 641. The molecule has 0 radical (unpaired) electrons. The van der Waals surface area contributed by atoms with Crippen molar-refractivity contribution < 1.29 is 9.18 Å². The Kier molecular flexibility index (Phi) is 11.2. The highest BCUT2D eigenvalue weighted by Crippen LogP contribution is 2.20. The Morgan fingerprint density at radius 2 is 2.14 bits per heavy atom. The lowest BCUT2D eigenvalue weighted by molar-refractivity contribution is -0.123. The fourth-order valence-electron chi connectivity index (χ4n) is 3.07. The summed E-state index contributed by atoms with van der Waals surface area (Å²) in [4.78, 5) is 18.4. The molecule has 1 heterocycles. The molecule has 8 heteroatoms. The zero-order valence-corrected chi connectivity index (χ0v) is 19.3. The van der Waals surface area contributed by atoms with Crippen LogP contribution in [0, 0.1) is 11.7 Å². The van der Waals surface area contributed by atoms with Crippen LogP contribution in [0.4, 0.5) is 10.1 Å². The average Bonchev–Trinajstić information content (AvgIpc) is 2.65. The maximum absolute atomic E-state index is 13.5. The molecule has 0 aromatic heterocycles. The summed E-state index contributed by atoms with van der Waals surface area (Å²) >= 11 is 0. The quantitative estimate of drug-likeness (QED) is 0.231. The zero-order valence-electron chi connectivity index (χ0n) is 17.0. The molecule has 1 aliphatic rings. The molecule has 1 saturated heterocycles. The van der Waals surface area contributed by atoms with E-state index >= 15 is 0 Å². The van der Waals surface area contributed by atoms with Crippen molar-refractivity contribution in [3.05, 3.63) is 30.1 Å². The lowest BCUT2D eigenvalue weighted by Crippen LogP contribution is -2.51. The Balaban J connectivity index is 0.00000392. The summed E-state index contributed by atoms with van der Waals surface area (Å²) in [5.41, 5.74) is 0.917. The van der Waals surface area contributed by atoms with Gasteiger partial charge in [-0.1, -0.05) is 19.9 Å². The second-order valence-corrected chi connectivity index (χ2v) is 7.12. The molecule has 28 heavy (non-hydrogen) atoms. The van der Waals surface area contributed by atoms with Crippen LogP contribution in [0.2, 0.25) is 0 Å². The van der Waals surface area contributed by atoms with Gasteiger partial charge in [-0.15, -0.1) is 24.0 Å². The normalized spacial score (nSPS) is 17.1. The van der Waals surface area contributed by atoms with E-state index in [0.717, 1.165) is 44.1 Å². The van der Waals surface area contributed by atoms with Crippen LogP contribution in [0.5, 0.6) is 0 Å². The summed E-state index contributed by atoms with van der Waals surface area (Å²) in [5.74, 6) is 0.570. The second-order valence-electron chi connectivity index (χ2n) is 7.12. The van der Waals surface area contributed by atoms with E-state index in [4.69, 9.17) is 0 Å². The van der Waals surface area contributed by atoms with Gasteiger partial charge in [-0.25, -0.2) is 4.39 Å². The van der Waals surface area contributed by atoms with Crippen molar-refractivity contribution in [2.75, 3.05) is 37.6 Å². The van der Waals surface area contributed by atoms with Crippen molar-refractivity contribution in [3.63, 3.8) is 0 Å². The van der Waals surface area contributed by atoms with Crippen molar-refractivity contribution in [1.82, 2.24) is 16.0 Å². The molecule has 158 valence electrons. The maximum atomic E-state index is 13.5. The van der Waals surface area contributed by atoms with Crippen LogP contribution in [-0.2, 0) is 4.79 Å². The van der Waals surface area contributed by atoms with Crippen molar-refractivity contribution in [3.8, 4) is 0 Å². The highest BCUT2D eigenvalue weighted by Gasteiger charge is 2.21. The molecule has 6 nitrogen and oxygen atoms in total. The van der Waals surface area contributed by atoms with Crippen LogP contribution in [0.3, 0.4) is 0 Å². The number of carbonyl (C=O) groups excluding carboxylic acids is 1. The van der Waals surface area contributed by atoms with Gasteiger partial charge in [0.05, 0.1) is 6.54 Å². The molecule has 1 aliphatic heterocycles. The highest BCUT2D eigenvalue weighted by atomic mass is 127. The number of amides is 1. The molecule has 0 aliphatic carbocycles. The Morgan fingerprint density at radius 3 is 2.82 bits per heavy atom. The maximum Gasteiger partial charge on any atom is 0.222 e. The molecule has 1 unspecified atom stereocenters. The zero-order chi connectivity index (χ0) is 19.6. The third kappa shape index (κ3) is 8.20. The summed E-state index contributed by atoms with van der Waals surface area (Å²) in [5, 5.41) is 9.60. The van der Waals surface area contributed by atoms with E-state index in [9.17, 15) is 9.18 Å². The van der Waals surface area contributed by atoms with Crippen molar-refractivity contribution >= 4 is 41.5 Å². The number of halogens is 2. The van der Waals surface area contributed by atoms with Gasteiger partial charge in [-0.05, 0) is 38.0 Å². The Labute approximate surface area is 184 Å². The minimum Gasteiger partial charge on any atom is -0.369 e. The molecule has 1 fully saturated rings. The van der Waals surface area contributed by atoms with E-state index in [2.05, 4.69) is 25.8 Å². The lowest BCUT2D eigenvalue weighted by Gasteiger charge is -2.35. The van der Waals surface area contributed by atoms with Crippen LogP contribution in [0.1, 0.15) is 33.6 Å². The van der Waals surface area contributed by atoms with Crippen LogP contribution >= 0.6 is 24.0 Å². The molecule has 1 atom stereocenters. The predicted molar refractivity (Wildman–Crippen MR) is 124 cm³/mol. The van der Waals surface area contributed by atoms with E-state index < -0.39 is 0 Å². The minimum absolute atomic E-state index is 0. The van der Waals surface area contributed by atoms with Crippen molar-refractivity contribution in [1.29, 1.82) is 0 Å². The van der Waals surface area contributed by atoms with Gasteiger partial charge in [0.15, 0.2) is 5.96 Å². The highest BCUT2D eigenvalue weighted by molar-refractivity contribution is 14.0. The van der Waals surface area contributed by atoms with E-state index in [1.54, 1.807) is 12.1 Å². The number of nitrogens with one attached hydrogen (secondary N) is 3. The molecular formula is C20H33FIN5O. The number of anilines is 1. The molecule has 2 rings (SSSR count). The summed E-state index contributed by atoms with van der Waals surface area (Å²) in [6, 6.07) is 6.99. The number of nitrogens with zero attached hydrogens (tertiary/aromatic N) is 2. The average molecular weight is 505 g/mol. The van der Waals surface area contributed by atoms with E-state index in [0.29, 0.717) is 13.1 Å². The number of hydrogen-bond acceptors (Lipinski definition) is 3. The largest absolute Gasteiger partial charge is 0.369 e. The van der Waals surface area contributed by atoms with Gasteiger partial charge in [0.1, 0.15) is 5.82 Å². The van der Waals surface area contributed by atoms with Gasteiger partial charge in [-0.3, -0.25) is 9.79 Å². The monoisotopic (exact) mass is 505 g/mol. The minimum atomic E-state index is -0.207. The topological polar surface area (TPSA) is 68.8 Å². The molecule has 1 amide bonds. The van der Waals surface area contributed by atoms with E-state index in [1.807, 2.05) is 26.8 Å². The second kappa shape index (κ2) is 12.8. The predicted octanol–water partition coefficient (Wildman–Crippen LogP) is 2.74. The van der Waals surface area contributed by atoms with Gasteiger partial charge < -0.3 is 20.9 Å². The number of aliphatic imine (C=N–C) groups is 1. The molecule has 3 N–H and O–H groups in total. The molecule has 1 aromatic carbocycles. The third-order valence-electron chi connectivity index (χ3n) is 4.49. The molecule has 0 saturated carbocycles. The van der Waals surface area contributed by atoms with E-state index in [-0.39, 0.29) is 47.7 Å². The molecular weight excluding hydrogens is 472 g/mol. The first kappa shape index (κ1) is 24.5. The molecule has 0 spiro atoms. The Hall–Kier alpha value is -1.58. The summed E-state index contributed by atoms with van der Waals surface area (Å²) in [6.07, 6.45) is 2.08. The van der Waals surface area contributed by atoms with E-state index in [1.165, 1.54) is 6.07 Å². The summed E-state index contributed by atoms with van der Waals surface area (Å²) < 4.78 is 13.5.